The van der Waals surface area contributed by atoms with Crippen LogP contribution in [0.4, 0.5) is 16.2 Å². The van der Waals surface area contributed by atoms with E-state index < -0.39 is 12.1 Å². The number of rotatable bonds is 6. The normalized spacial score (nSPS) is 15.0. The zero-order valence-electron chi connectivity index (χ0n) is 15.7. The minimum atomic E-state index is -0.702. The van der Waals surface area contributed by atoms with E-state index >= 15 is 0 Å². The average molecular weight is 401 g/mol. The molecule has 1 aliphatic heterocycles. The lowest BCUT2D eigenvalue weighted by molar-refractivity contribution is -0.116. The van der Waals surface area contributed by atoms with E-state index in [1.54, 1.807) is 24.3 Å². The molecule has 1 fully saturated rings. The van der Waals surface area contributed by atoms with E-state index in [4.69, 9.17) is 17.3 Å². The molecular formula is C21H25ClN4O2. The Balaban J connectivity index is 1.75. The second kappa shape index (κ2) is 9.46. The van der Waals surface area contributed by atoms with Gasteiger partial charge < -0.3 is 21.3 Å². The number of para-hydroxylation sites is 2. The molecule has 7 heteroatoms. The zero-order valence-corrected chi connectivity index (χ0v) is 16.4. The van der Waals surface area contributed by atoms with Crippen LogP contribution < -0.4 is 21.3 Å². The summed E-state index contributed by atoms with van der Waals surface area (Å²) in [6.07, 6.45) is 3.57. The molecule has 0 spiro atoms. The number of carbonyl (C=O) groups is 2. The highest BCUT2D eigenvalue weighted by molar-refractivity contribution is 6.31. The number of urea groups is 1. The van der Waals surface area contributed by atoms with E-state index in [1.165, 1.54) is 6.42 Å². The van der Waals surface area contributed by atoms with Crippen molar-refractivity contribution in [3.05, 3.63) is 59.1 Å². The highest BCUT2D eigenvalue weighted by Gasteiger charge is 2.21. The van der Waals surface area contributed by atoms with Crippen LogP contribution in [0.5, 0.6) is 0 Å². The molecule has 3 amide bonds. The van der Waals surface area contributed by atoms with E-state index in [0.29, 0.717) is 10.6 Å². The monoisotopic (exact) mass is 400 g/mol. The molecule has 0 radical (unpaired) electrons. The molecule has 148 valence electrons. The molecule has 0 bridgehead atoms. The molecule has 28 heavy (non-hydrogen) atoms. The largest absolute Gasteiger partial charge is 0.370 e. The van der Waals surface area contributed by atoms with Crippen molar-refractivity contribution in [2.24, 2.45) is 5.73 Å². The number of nitrogens with one attached hydrogen (secondary N) is 2. The van der Waals surface area contributed by atoms with Gasteiger partial charge in [-0.3, -0.25) is 4.79 Å². The molecule has 2 aromatic carbocycles. The minimum Gasteiger partial charge on any atom is -0.370 e. The summed E-state index contributed by atoms with van der Waals surface area (Å²) in [6.45, 7) is 1.97. The van der Waals surface area contributed by atoms with Crippen molar-refractivity contribution in [1.29, 1.82) is 0 Å². The van der Waals surface area contributed by atoms with Crippen molar-refractivity contribution >= 4 is 34.9 Å². The molecular weight excluding hydrogens is 376 g/mol. The topological polar surface area (TPSA) is 87.5 Å². The predicted octanol–water partition coefficient (Wildman–Crippen LogP) is 4.07. The number of hydrogen-bond donors (Lipinski definition) is 3. The van der Waals surface area contributed by atoms with Gasteiger partial charge in [-0.25, -0.2) is 4.79 Å². The Morgan fingerprint density at radius 1 is 1.04 bits per heavy atom. The summed E-state index contributed by atoms with van der Waals surface area (Å²) < 4.78 is 0. The Morgan fingerprint density at radius 3 is 2.43 bits per heavy atom. The fourth-order valence-corrected chi connectivity index (χ4v) is 3.81. The lowest BCUT2D eigenvalue weighted by atomic mass is 10.0. The second-order valence-electron chi connectivity index (χ2n) is 6.90. The maximum atomic E-state index is 12.8. The molecule has 1 atom stereocenters. The third-order valence-corrected chi connectivity index (χ3v) is 5.21. The lowest BCUT2D eigenvalue weighted by Gasteiger charge is -2.30. The summed E-state index contributed by atoms with van der Waals surface area (Å²) in [5.74, 6) is -0.219. The number of piperidine rings is 1. The summed E-state index contributed by atoms with van der Waals surface area (Å²) in [5, 5.41) is 6.07. The van der Waals surface area contributed by atoms with Crippen LogP contribution in [0.15, 0.2) is 48.5 Å². The van der Waals surface area contributed by atoms with Gasteiger partial charge >= 0.3 is 6.03 Å². The van der Waals surface area contributed by atoms with Gasteiger partial charge in [-0.2, -0.15) is 0 Å². The third-order valence-electron chi connectivity index (χ3n) is 4.86. The van der Waals surface area contributed by atoms with Crippen LogP contribution in [0.25, 0.3) is 0 Å². The maximum Gasteiger partial charge on any atom is 0.312 e. The minimum absolute atomic E-state index is 0.0288. The fraction of sp³-hybridized carbons (Fsp3) is 0.333. The van der Waals surface area contributed by atoms with E-state index in [2.05, 4.69) is 15.5 Å². The number of halogens is 1. The first-order chi connectivity index (χ1) is 13.5. The molecule has 1 aliphatic rings. The number of amides is 3. The Morgan fingerprint density at radius 2 is 1.71 bits per heavy atom. The SMILES string of the molecule is NC(=O)N[C@H](CC(=O)Nc1ccccc1N1CCCCC1)c1ccccc1Cl. The zero-order chi connectivity index (χ0) is 19.9. The molecule has 0 aromatic heterocycles. The summed E-state index contributed by atoms with van der Waals surface area (Å²) in [5.41, 5.74) is 7.75. The van der Waals surface area contributed by atoms with Crippen molar-refractivity contribution in [3.8, 4) is 0 Å². The molecule has 6 nitrogen and oxygen atoms in total. The number of nitrogens with zero attached hydrogens (tertiary/aromatic N) is 1. The van der Waals surface area contributed by atoms with Crippen molar-refractivity contribution in [2.45, 2.75) is 31.7 Å². The predicted molar refractivity (Wildman–Crippen MR) is 113 cm³/mol. The van der Waals surface area contributed by atoms with E-state index in [-0.39, 0.29) is 12.3 Å². The van der Waals surface area contributed by atoms with Crippen LogP contribution in [-0.4, -0.2) is 25.0 Å². The maximum absolute atomic E-state index is 12.8. The van der Waals surface area contributed by atoms with Crippen LogP contribution >= 0.6 is 11.6 Å². The van der Waals surface area contributed by atoms with Gasteiger partial charge in [-0.15, -0.1) is 0 Å². The molecule has 1 heterocycles. The van der Waals surface area contributed by atoms with Crippen LogP contribution in [-0.2, 0) is 4.79 Å². The molecule has 1 saturated heterocycles. The van der Waals surface area contributed by atoms with Gasteiger partial charge in [0.2, 0.25) is 5.91 Å². The number of hydrogen-bond acceptors (Lipinski definition) is 3. The van der Waals surface area contributed by atoms with Gasteiger partial charge in [0.25, 0.3) is 0 Å². The van der Waals surface area contributed by atoms with E-state index in [9.17, 15) is 9.59 Å². The van der Waals surface area contributed by atoms with Crippen molar-refractivity contribution in [2.75, 3.05) is 23.3 Å². The molecule has 0 saturated carbocycles. The number of nitrogens with two attached hydrogens (primary N) is 1. The van der Waals surface area contributed by atoms with Gasteiger partial charge in [0.15, 0.2) is 0 Å². The highest BCUT2D eigenvalue weighted by atomic mass is 35.5. The van der Waals surface area contributed by atoms with E-state index in [1.807, 2.05) is 24.3 Å². The van der Waals surface area contributed by atoms with Crippen LogP contribution in [0.2, 0.25) is 5.02 Å². The second-order valence-corrected chi connectivity index (χ2v) is 7.31. The average Bonchev–Trinajstić information content (AvgIpc) is 2.68. The number of benzene rings is 2. The van der Waals surface area contributed by atoms with Gasteiger partial charge in [0.05, 0.1) is 23.8 Å². The molecule has 4 N–H and O–H groups in total. The van der Waals surface area contributed by atoms with Crippen molar-refractivity contribution in [3.63, 3.8) is 0 Å². The molecule has 0 unspecified atom stereocenters. The smallest absolute Gasteiger partial charge is 0.312 e. The van der Waals surface area contributed by atoms with Crippen molar-refractivity contribution < 1.29 is 9.59 Å². The van der Waals surface area contributed by atoms with Gasteiger partial charge in [-0.05, 0) is 43.0 Å². The molecule has 0 aliphatic carbocycles. The van der Waals surface area contributed by atoms with E-state index in [0.717, 1.165) is 37.3 Å². The Labute approximate surface area is 170 Å². The Bertz CT molecular complexity index is 837. The number of anilines is 2. The van der Waals surface area contributed by atoms with Crippen LogP contribution in [0, 0.1) is 0 Å². The van der Waals surface area contributed by atoms with Crippen LogP contribution in [0.1, 0.15) is 37.3 Å². The standard InChI is InChI=1S/C21H25ClN4O2/c22-16-9-3-2-8-15(16)18(25-21(23)28)14-20(27)24-17-10-4-5-11-19(17)26-12-6-1-7-13-26/h2-5,8-11,18H,1,6-7,12-14H2,(H,24,27)(H3,23,25,28)/t18-/m1/s1. The Kier molecular flexibility index (Phi) is 6.76. The summed E-state index contributed by atoms with van der Waals surface area (Å²) in [7, 11) is 0. The Hall–Kier alpha value is -2.73. The van der Waals surface area contributed by atoms with Gasteiger partial charge in [0.1, 0.15) is 0 Å². The third kappa shape index (κ3) is 5.16. The van der Waals surface area contributed by atoms with Gasteiger partial charge in [0, 0.05) is 18.1 Å². The molecule has 3 rings (SSSR count). The summed E-state index contributed by atoms with van der Waals surface area (Å²) >= 11 is 6.24. The molecule has 2 aromatic rings. The summed E-state index contributed by atoms with van der Waals surface area (Å²) in [4.78, 5) is 26.5. The van der Waals surface area contributed by atoms with Crippen molar-refractivity contribution in [1.82, 2.24) is 5.32 Å². The van der Waals surface area contributed by atoms with Gasteiger partial charge in [-0.1, -0.05) is 41.9 Å². The first-order valence-electron chi connectivity index (χ1n) is 9.49. The quantitative estimate of drug-likeness (QED) is 0.683. The first kappa shape index (κ1) is 20.0. The number of primary amides is 1. The van der Waals surface area contributed by atoms with Crippen LogP contribution in [0.3, 0.4) is 0 Å². The lowest BCUT2D eigenvalue weighted by Crippen LogP contribution is -2.35. The first-order valence-corrected chi connectivity index (χ1v) is 9.86. The highest BCUT2D eigenvalue weighted by Crippen LogP contribution is 2.30. The fourth-order valence-electron chi connectivity index (χ4n) is 3.54. The summed E-state index contributed by atoms with van der Waals surface area (Å²) in [6, 6.07) is 13.6. The number of carbonyl (C=O) groups excluding carboxylic acids is 2.